The van der Waals surface area contributed by atoms with Crippen molar-refractivity contribution >= 4 is 17.5 Å². The van der Waals surface area contributed by atoms with Crippen molar-refractivity contribution in [3.05, 3.63) is 59.8 Å². The lowest BCUT2D eigenvalue weighted by Gasteiger charge is -2.35. The Labute approximate surface area is 177 Å². The lowest BCUT2D eigenvalue weighted by atomic mass is 9.82. The van der Waals surface area contributed by atoms with E-state index < -0.39 is 0 Å². The highest BCUT2D eigenvalue weighted by atomic mass is 16.3. The van der Waals surface area contributed by atoms with Gasteiger partial charge in [0.1, 0.15) is 5.82 Å². The Kier molecular flexibility index (Phi) is 6.40. The summed E-state index contributed by atoms with van der Waals surface area (Å²) in [5.74, 6) is 1.52. The highest BCUT2D eigenvalue weighted by Gasteiger charge is 2.32. The van der Waals surface area contributed by atoms with Gasteiger partial charge in [0, 0.05) is 45.7 Å². The van der Waals surface area contributed by atoms with E-state index in [0.717, 1.165) is 38.3 Å². The van der Waals surface area contributed by atoms with Crippen LogP contribution in [0.1, 0.15) is 34.0 Å². The zero-order valence-corrected chi connectivity index (χ0v) is 17.3. The van der Waals surface area contributed by atoms with E-state index in [9.17, 15) is 4.79 Å². The number of rotatable bonds is 7. The lowest BCUT2D eigenvalue weighted by Crippen LogP contribution is -2.48. The van der Waals surface area contributed by atoms with E-state index in [1.807, 2.05) is 18.2 Å². The number of aliphatic hydroxyl groups is 1. The average Bonchev–Trinajstić information content (AvgIpc) is 2.78. The molecule has 4 rings (SSSR count). The molecule has 1 aliphatic carbocycles. The van der Waals surface area contributed by atoms with Crippen LogP contribution in [0, 0.1) is 0 Å². The summed E-state index contributed by atoms with van der Waals surface area (Å²) in [5, 5.41) is 12.4. The molecule has 0 spiro atoms. The Morgan fingerprint density at radius 3 is 2.60 bits per heavy atom. The van der Waals surface area contributed by atoms with Crippen molar-refractivity contribution in [1.29, 1.82) is 0 Å². The summed E-state index contributed by atoms with van der Waals surface area (Å²) >= 11 is 0. The Bertz CT molecular complexity index is 894. The third kappa shape index (κ3) is 4.37. The number of ketones is 1. The molecule has 2 N–H and O–H groups in total. The SMILES string of the molecule is C=CCNc1nc(N2CCN(CCO)CC2)nc2c1C(=O)C[C@H](c1ccccc1)C2. The smallest absolute Gasteiger partial charge is 0.227 e. The molecule has 2 heterocycles. The van der Waals surface area contributed by atoms with Gasteiger partial charge in [-0.25, -0.2) is 4.98 Å². The summed E-state index contributed by atoms with van der Waals surface area (Å²) < 4.78 is 0. The van der Waals surface area contributed by atoms with Crippen LogP contribution >= 0.6 is 0 Å². The molecule has 0 radical (unpaired) electrons. The number of β-amino-alcohol motifs (C(OH)–C–C–N with tert-alkyl or cyclic N) is 1. The first kappa shape index (κ1) is 20.5. The first-order valence-corrected chi connectivity index (χ1v) is 10.6. The predicted octanol–water partition coefficient (Wildman–Crippen LogP) is 2.10. The molecule has 7 heteroatoms. The number of carbonyl (C=O) groups is 1. The van der Waals surface area contributed by atoms with Crippen LogP contribution in [0.5, 0.6) is 0 Å². The van der Waals surface area contributed by atoms with Crippen LogP contribution in [0.4, 0.5) is 11.8 Å². The molecule has 2 aliphatic rings. The standard InChI is InChI=1S/C23H29N5O2/c1-2-8-24-22-21-19(15-18(16-20(21)30)17-6-4-3-5-7-17)25-23(26-22)28-11-9-27(10-12-28)13-14-29/h2-7,18,29H,1,8-16H2,(H,24,25,26)/t18-/m1/s1. The van der Waals surface area contributed by atoms with Crippen molar-refractivity contribution in [2.45, 2.75) is 18.8 Å². The minimum Gasteiger partial charge on any atom is -0.395 e. The Morgan fingerprint density at radius 1 is 1.13 bits per heavy atom. The number of benzene rings is 1. The summed E-state index contributed by atoms with van der Waals surface area (Å²) in [6.45, 7) is 8.51. The highest BCUT2D eigenvalue weighted by molar-refractivity contribution is 6.03. The normalized spacial score (nSPS) is 19.4. The van der Waals surface area contributed by atoms with Gasteiger partial charge in [0.25, 0.3) is 0 Å². The summed E-state index contributed by atoms with van der Waals surface area (Å²) in [6, 6.07) is 10.2. The van der Waals surface area contributed by atoms with Gasteiger partial charge in [-0.05, 0) is 17.9 Å². The number of piperazine rings is 1. The van der Waals surface area contributed by atoms with Crippen LogP contribution in [-0.4, -0.2) is 71.6 Å². The van der Waals surface area contributed by atoms with Gasteiger partial charge in [-0.3, -0.25) is 9.69 Å². The molecule has 1 atom stereocenters. The van der Waals surface area contributed by atoms with Crippen molar-refractivity contribution < 1.29 is 9.90 Å². The first-order valence-electron chi connectivity index (χ1n) is 10.6. The van der Waals surface area contributed by atoms with Gasteiger partial charge in [0.05, 0.1) is 17.9 Å². The third-order valence-corrected chi connectivity index (χ3v) is 5.88. The molecule has 1 saturated heterocycles. The molecule has 0 saturated carbocycles. The molecule has 0 bridgehead atoms. The number of anilines is 2. The van der Waals surface area contributed by atoms with Crippen molar-refractivity contribution in [3.8, 4) is 0 Å². The van der Waals surface area contributed by atoms with Crippen molar-refractivity contribution in [3.63, 3.8) is 0 Å². The van der Waals surface area contributed by atoms with Gasteiger partial charge in [0.15, 0.2) is 5.78 Å². The Hall–Kier alpha value is -2.77. The summed E-state index contributed by atoms with van der Waals surface area (Å²) in [6.07, 6.45) is 2.97. The van der Waals surface area contributed by atoms with E-state index in [2.05, 4.69) is 33.8 Å². The molecule has 1 aliphatic heterocycles. The van der Waals surface area contributed by atoms with Gasteiger partial charge in [-0.1, -0.05) is 36.4 Å². The topological polar surface area (TPSA) is 81.6 Å². The summed E-state index contributed by atoms with van der Waals surface area (Å²) in [7, 11) is 0. The maximum Gasteiger partial charge on any atom is 0.227 e. The first-order chi connectivity index (χ1) is 14.7. The zero-order valence-electron chi connectivity index (χ0n) is 17.3. The van der Waals surface area contributed by atoms with Crippen LogP contribution in [0.15, 0.2) is 43.0 Å². The predicted molar refractivity (Wildman–Crippen MR) is 118 cm³/mol. The molecule has 1 aromatic carbocycles. The monoisotopic (exact) mass is 407 g/mol. The number of fused-ring (bicyclic) bond motifs is 1. The number of nitrogens with one attached hydrogen (secondary N) is 1. The molecule has 2 aromatic rings. The second kappa shape index (κ2) is 9.36. The molecular weight excluding hydrogens is 378 g/mol. The minimum atomic E-state index is 0.0935. The second-order valence-corrected chi connectivity index (χ2v) is 7.85. The number of hydrogen-bond donors (Lipinski definition) is 2. The molecular formula is C23H29N5O2. The third-order valence-electron chi connectivity index (χ3n) is 5.88. The zero-order chi connectivity index (χ0) is 20.9. The van der Waals surface area contributed by atoms with Gasteiger partial charge in [-0.15, -0.1) is 6.58 Å². The maximum atomic E-state index is 13.1. The van der Waals surface area contributed by atoms with Crippen LogP contribution in [0.25, 0.3) is 0 Å². The second-order valence-electron chi connectivity index (χ2n) is 7.85. The van der Waals surface area contributed by atoms with Crippen molar-refractivity contribution in [1.82, 2.24) is 14.9 Å². The Balaban J connectivity index is 1.64. The van der Waals surface area contributed by atoms with E-state index in [4.69, 9.17) is 15.1 Å². The quantitative estimate of drug-likeness (QED) is 0.680. The van der Waals surface area contributed by atoms with Crippen LogP contribution in [0.2, 0.25) is 0 Å². The van der Waals surface area contributed by atoms with Gasteiger partial charge in [0.2, 0.25) is 5.95 Å². The lowest BCUT2D eigenvalue weighted by molar-refractivity contribution is 0.0963. The number of aliphatic hydroxyl groups excluding tert-OH is 1. The minimum absolute atomic E-state index is 0.0935. The summed E-state index contributed by atoms with van der Waals surface area (Å²) in [5.41, 5.74) is 2.64. The number of carbonyl (C=O) groups excluding carboxylic acids is 1. The fraction of sp³-hybridized carbons (Fsp3) is 0.435. The summed E-state index contributed by atoms with van der Waals surface area (Å²) in [4.78, 5) is 27.1. The van der Waals surface area contributed by atoms with Crippen LogP contribution in [0.3, 0.4) is 0 Å². The van der Waals surface area contributed by atoms with E-state index in [1.54, 1.807) is 6.08 Å². The van der Waals surface area contributed by atoms with Gasteiger partial charge >= 0.3 is 0 Å². The molecule has 158 valence electrons. The van der Waals surface area contributed by atoms with E-state index in [0.29, 0.717) is 36.8 Å². The van der Waals surface area contributed by atoms with E-state index >= 15 is 0 Å². The van der Waals surface area contributed by atoms with Crippen molar-refractivity contribution in [2.75, 3.05) is 56.1 Å². The Morgan fingerprint density at radius 2 is 1.90 bits per heavy atom. The number of aromatic nitrogens is 2. The maximum absolute atomic E-state index is 13.1. The average molecular weight is 408 g/mol. The van der Waals surface area contributed by atoms with Crippen LogP contribution in [-0.2, 0) is 6.42 Å². The van der Waals surface area contributed by atoms with E-state index in [1.165, 1.54) is 5.56 Å². The number of hydrogen-bond acceptors (Lipinski definition) is 7. The molecule has 30 heavy (non-hydrogen) atoms. The molecule has 0 unspecified atom stereocenters. The fourth-order valence-corrected chi connectivity index (χ4v) is 4.28. The van der Waals surface area contributed by atoms with Gasteiger partial charge < -0.3 is 15.3 Å². The largest absolute Gasteiger partial charge is 0.395 e. The molecule has 0 amide bonds. The van der Waals surface area contributed by atoms with Crippen LogP contribution < -0.4 is 10.2 Å². The molecule has 1 fully saturated rings. The highest BCUT2D eigenvalue weighted by Crippen LogP contribution is 2.35. The van der Waals surface area contributed by atoms with E-state index in [-0.39, 0.29) is 18.3 Å². The van der Waals surface area contributed by atoms with Crippen molar-refractivity contribution in [2.24, 2.45) is 0 Å². The molecule has 1 aromatic heterocycles. The number of nitrogens with zero attached hydrogens (tertiary/aromatic N) is 4. The van der Waals surface area contributed by atoms with Gasteiger partial charge in [-0.2, -0.15) is 4.98 Å². The number of Topliss-reactive ketones (excluding diaryl/α,β-unsaturated/α-hetero) is 1. The fourth-order valence-electron chi connectivity index (χ4n) is 4.28. The molecule has 7 nitrogen and oxygen atoms in total.